The van der Waals surface area contributed by atoms with Crippen molar-refractivity contribution < 1.29 is 17.7 Å². The van der Waals surface area contributed by atoms with Gasteiger partial charge in [-0.15, -0.1) is 0 Å². The topological polar surface area (TPSA) is 101 Å². The molecular weight excluding hydrogens is 378 g/mol. The van der Waals surface area contributed by atoms with Crippen molar-refractivity contribution in [3.8, 4) is 0 Å². The Morgan fingerprint density at radius 3 is 2.61 bits per heavy atom. The summed E-state index contributed by atoms with van der Waals surface area (Å²) >= 11 is 0. The van der Waals surface area contributed by atoms with Gasteiger partial charge in [0.25, 0.3) is 0 Å². The Morgan fingerprint density at radius 2 is 1.89 bits per heavy atom. The van der Waals surface area contributed by atoms with Crippen molar-refractivity contribution in [2.75, 3.05) is 5.32 Å². The van der Waals surface area contributed by atoms with Crippen LogP contribution in [0, 0.1) is 5.92 Å². The molecule has 8 heteroatoms. The quantitative estimate of drug-likeness (QED) is 0.634. The highest BCUT2D eigenvalue weighted by atomic mass is 32.2. The Morgan fingerprint density at radius 1 is 1.18 bits per heavy atom. The van der Waals surface area contributed by atoms with E-state index in [4.69, 9.17) is 4.52 Å². The van der Waals surface area contributed by atoms with E-state index in [-0.39, 0.29) is 17.6 Å². The van der Waals surface area contributed by atoms with Gasteiger partial charge in [-0.1, -0.05) is 29.4 Å². The number of benzene rings is 2. The molecule has 1 saturated carbocycles. The number of carbonyl (C=O) groups excluding carboxylic acids is 1. The van der Waals surface area contributed by atoms with Crippen LogP contribution in [0.3, 0.4) is 0 Å². The molecule has 0 spiro atoms. The van der Waals surface area contributed by atoms with Crippen LogP contribution in [-0.2, 0) is 20.6 Å². The van der Waals surface area contributed by atoms with Crippen molar-refractivity contribution in [3.63, 3.8) is 0 Å². The lowest BCUT2D eigenvalue weighted by Crippen LogP contribution is -2.28. The van der Waals surface area contributed by atoms with E-state index in [0.29, 0.717) is 22.4 Å². The molecule has 1 aliphatic rings. The van der Waals surface area contributed by atoms with Gasteiger partial charge >= 0.3 is 0 Å². The third-order valence-electron chi connectivity index (χ3n) is 4.76. The lowest BCUT2D eigenvalue weighted by Gasteiger charge is -2.15. The third kappa shape index (κ3) is 4.23. The van der Waals surface area contributed by atoms with E-state index in [1.54, 1.807) is 43.3 Å². The number of nitrogens with one attached hydrogen (secondary N) is 2. The van der Waals surface area contributed by atoms with E-state index in [0.717, 1.165) is 18.4 Å². The van der Waals surface area contributed by atoms with Crippen LogP contribution < -0.4 is 10.0 Å². The zero-order valence-corrected chi connectivity index (χ0v) is 16.2. The summed E-state index contributed by atoms with van der Waals surface area (Å²) in [5.74, 6) is -0.0801. The number of carbonyl (C=O) groups is 1. The summed E-state index contributed by atoms with van der Waals surface area (Å²) in [5, 5.41) is 7.44. The molecule has 3 aromatic rings. The maximum Gasteiger partial charge on any atom is 0.227 e. The molecule has 0 saturated heterocycles. The molecule has 28 heavy (non-hydrogen) atoms. The van der Waals surface area contributed by atoms with Crippen LogP contribution in [0.15, 0.2) is 53.1 Å². The van der Waals surface area contributed by atoms with Crippen molar-refractivity contribution in [2.24, 2.45) is 5.92 Å². The molecular formula is C20H21N3O4S. The van der Waals surface area contributed by atoms with Gasteiger partial charge in [-0.05, 0) is 49.6 Å². The average molecular weight is 399 g/mol. The second-order valence-corrected chi connectivity index (χ2v) is 8.86. The number of amides is 1. The maximum absolute atomic E-state index is 12.6. The molecule has 1 fully saturated rings. The lowest BCUT2D eigenvalue weighted by atomic mass is 10.1. The molecule has 4 rings (SSSR count). The predicted molar refractivity (Wildman–Crippen MR) is 106 cm³/mol. The first-order valence-corrected chi connectivity index (χ1v) is 10.8. The number of sulfonamides is 1. The Kier molecular flexibility index (Phi) is 4.91. The zero-order valence-electron chi connectivity index (χ0n) is 15.4. The fraction of sp³-hybridized carbons (Fsp3) is 0.300. The van der Waals surface area contributed by atoms with Crippen LogP contribution >= 0.6 is 0 Å². The van der Waals surface area contributed by atoms with E-state index in [1.807, 2.05) is 12.1 Å². The van der Waals surface area contributed by atoms with Crippen LogP contribution in [0.2, 0.25) is 0 Å². The maximum atomic E-state index is 12.6. The molecule has 146 valence electrons. The van der Waals surface area contributed by atoms with Crippen molar-refractivity contribution in [2.45, 2.75) is 31.6 Å². The number of rotatable bonds is 7. The zero-order chi connectivity index (χ0) is 19.7. The molecule has 1 heterocycles. The summed E-state index contributed by atoms with van der Waals surface area (Å²) in [4.78, 5) is 11.8. The SMILES string of the molecule is CC(NS(=O)(=O)Cc1noc2ccccc12)c1ccc(NC(=O)C2CC2)cc1. The Hall–Kier alpha value is -2.71. The summed E-state index contributed by atoms with van der Waals surface area (Å²) in [7, 11) is -3.62. The molecule has 7 nitrogen and oxygen atoms in total. The normalized spacial score (nSPS) is 15.5. The minimum Gasteiger partial charge on any atom is -0.356 e. The first kappa shape index (κ1) is 18.6. The van der Waals surface area contributed by atoms with E-state index in [1.165, 1.54) is 0 Å². The molecule has 2 aromatic carbocycles. The number of hydrogen-bond acceptors (Lipinski definition) is 5. The number of anilines is 1. The molecule has 1 amide bonds. The van der Waals surface area contributed by atoms with E-state index < -0.39 is 16.1 Å². The van der Waals surface area contributed by atoms with Gasteiger partial charge in [-0.2, -0.15) is 0 Å². The fourth-order valence-electron chi connectivity index (χ4n) is 3.05. The molecule has 0 radical (unpaired) electrons. The minimum atomic E-state index is -3.62. The standard InChI is InChI=1S/C20H21N3O4S/c1-13(14-8-10-16(11-9-14)21-20(24)15-6-7-15)23-28(25,26)12-18-17-4-2-3-5-19(17)27-22-18/h2-5,8-11,13,15,23H,6-7,12H2,1H3,(H,21,24). The number of aromatic nitrogens is 1. The molecule has 1 atom stereocenters. The molecule has 1 aliphatic carbocycles. The van der Waals surface area contributed by atoms with Gasteiger partial charge < -0.3 is 9.84 Å². The predicted octanol–water partition coefficient (Wildman–Crippen LogP) is 3.36. The van der Waals surface area contributed by atoms with Gasteiger partial charge in [0.05, 0.1) is 0 Å². The first-order chi connectivity index (χ1) is 13.4. The van der Waals surface area contributed by atoms with Crippen LogP contribution in [0.25, 0.3) is 11.0 Å². The molecule has 1 aromatic heterocycles. The summed E-state index contributed by atoms with van der Waals surface area (Å²) in [6, 6.07) is 13.9. The van der Waals surface area contributed by atoms with Gasteiger partial charge in [0.15, 0.2) is 5.58 Å². The first-order valence-electron chi connectivity index (χ1n) is 9.15. The van der Waals surface area contributed by atoms with Gasteiger partial charge in [-0.25, -0.2) is 13.1 Å². The van der Waals surface area contributed by atoms with Crippen LogP contribution in [0.4, 0.5) is 5.69 Å². The van der Waals surface area contributed by atoms with E-state index >= 15 is 0 Å². The summed E-state index contributed by atoms with van der Waals surface area (Å²) in [6.45, 7) is 1.77. The monoisotopic (exact) mass is 399 g/mol. The number of nitrogens with zero attached hydrogens (tertiary/aromatic N) is 1. The van der Waals surface area contributed by atoms with Crippen LogP contribution in [0.5, 0.6) is 0 Å². The Balaban J connectivity index is 1.41. The Labute approximate surface area is 163 Å². The highest BCUT2D eigenvalue weighted by Gasteiger charge is 2.29. The smallest absolute Gasteiger partial charge is 0.227 e. The van der Waals surface area contributed by atoms with E-state index in [9.17, 15) is 13.2 Å². The average Bonchev–Trinajstić information content (AvgIpc) is 3.45. The molecule has 0 aliphatic heterocycles. The van der Waals surface area contributed by atoms with E-state index in [2.05, 4.69) is 15.2 Å². The number of para-hydroxylation sites is 1. The molecule has 0 bridgehead atoms. The molecule has 2 N–H and O–H groups in total. The number of hydrogen-bond donors (Lipinski definition) is 2. The summed E-state index contributed by atoms with van der Waals surface area (Å²) < 4.78 is 33.0. The van der Waals surface area contributed by atoms with Gasteiger partial charge in [0.1, 0.15) is 11.4 Å². The van der Waals surface area contributed by atoms with Gasteiger partial charge in [0.2, 0.25) is 15.9 Å². The van der Waals surface area contributed by atoms with Crippen molar-refractivity contribution in [1.29, 1.82) is 0 Å². The third-order valence-corrected chi connectivity index (χ3v) is 6.13. The van der Waals surface area contributed by atoms with Crippen molar-refractivity contribution in [3.05, 3.63) is 59.8 Å². The second-order valence-electron chi connectivity index (χ2n) is 7.11. The number of fused-ring (bicyclic) bond motifs is 1. The van der Waals surface area contributed by atoms with Crippen LogP contribution in [0.1, 0.15) is 37.1 Å². The molecule has 1 unspecified atom stereocenters. The Bertz CT molecular complexity index is 1100. The summed E-state index contributed by atoms with van der Waals surface area (Å²) in [5.41, 5.74) is 2.46. The highest BCUT2D eigenvalue weighted by Crippen LogP contribution is 2.30. The van der Waals surface area contributed by atoms with Crippen molar-refractivity contribution >= 4 is 32.6 Å². The minimum absolute atomic E-state index is 0.0429. The highest BCUT2D eigenvalue weighted by molar-refractivity contribution is 7.88. The summed E-state index contributed by atoms with van der Waals surface area (Å²) in [6.07, 6.45) is 1.90. The van der Waals surface area contributed by atoms with Crippen LogP contribution in [-0.4, -0.2) is 19.5 Å². The second kappa shape index (κ2) is 7.37. The lowest BCUT2D eigenvalue weighted by molar-refractivity contribution is -0.117. The largest absolute Gasteiger partial charge is 0.356 e. The van der Waals surface area contributed by atoms with Gasteiger partial charge in [0, 0.05) is 23.0 Å². The van der Waals surface area contributed by atoms with Crippen molar-refractivity contribution in [1.82, 2.24) is 9.88 Å². The fourth-order valence-corrected chi connectivity index (χ4v) is 4.37. The van der Waals surface area contributed by atoms with Gasteiger partial charge in [-0.3, -0.25) is 4.79 Å².